The maximum atomic E-state index is 13.2. The topological polar surface area (TPSA) is 128 Å². The number of ether oxygens (including phenoxy) is 2. The average molecular weight is 995 g/mol. The summed E-state index contributed by atoms with van der Waals surface area (Å²) in [7, 11) is 0. The maximum Gasteiger partial charge on any atom is 0.329 e. The second kappa shape index (κ2) is 38.9. The first kappa shape index (κ1) is 61.6. The van der Waals surface area contributed by atoms with Crippen LogP contribution in [0.3, 0.4) is 0 Å². The number of nitrogens with zero attached hydrogens (tertiary/aromatic N) is 2. The van der Waals surface area contributed by atoms with Crippen molar-refractivity contribution in [1.82, 2.24) is 19.1 Å². The molecule has 2 N–H and O–H groups in total. The summed E-state index contributed by atoms with van der Waals surface area (Å²) in [5.74, 6) is 15.0. The van der Waals surface area contributed by atoms with E-state index >= 15 is 0 Å². The third kappa shape index (κ3) is 25.3. The number of unbranched alkanes of at least 4 members (excludes halogenated alkanes) is 22. The molecule has 72 heavy (non-hydrogen) atoms. The Morgan fingerprint density at radius 3 is 1.01 bits per heavy atom. The standard InChI is InChI=1S/C62H98N4O6/c1-7-13-19-25-27-31-37-51(35-29-21-15-9-3)49-71-57-45-54(40-42-56-48-60(68)64-62(70)66(56)44-34-24-18-12-6)58(72-50-52(36-30-22-16-10-4)38-32-28-26-20-14-8-2)46-53(57)39-41-55-47-59(67)63-61(69)65(55)43-33-23-17-11-5/h45-48,51-52H,7-38,43-44,49-50H2,1-6H3,(H,63,67,69)(H,64,68,70). The van der Waals surface area contributed by atoms with E-state index in [4.69, 9.17) is 9.47 Å². The lowest BCUT2D eigenvalue weighted by Gasteiger charge is -2.21. The second-order valence-electron chi connectivity index (χ2n) is 20.6. The van der Waals surface area contributed by atoms with Gasteiger partial charge in [0.15, 0.2) is 0 Å². The Labute approximate surface area is 435 Å². The fourth-order valence-corrected chi connectivity index (χ4v) is 9.53. The first-order valence-corrected chi connectivity index (χ1v) is 29.3. The monoisotopic (exact) mass is 995 g/mol. The molecule has 3 rings (SSSR count). The molecule has 0 aliphatic carbocycles. The van der Waals surface area contributed by atoms with E-state index in [0.29, 0.717) is 72.2 Å². The molecule has 2 atom stereocenters. The minimum absolute atomic E-state index is 0.353. The molecule has 1 aromatic carbocycles. The van der Waals surface area contributed by atoms with Crippen LogP contribution in [-0.2, 0) is 13.1 Å². The Morgan fingerprint density at radius 1 is 0.389 bits per heavy atom. The van der Waals surface area contributed by atoms with Crippen molar-refractivity contribution in [1.29, 1.82) is 0 Å². The van der Waals surface area contributed by atoms with Gasteiger partial charge in [-0.1, -0.05) is 220 Å². The summed E-state index contributed by atoms with van der Waals surface area (Å²) in [4.78, 5) is 57.0. The summed E-state index contributed by atoms with van der Waals surface area (Å²) in [5.41, 5.74) is -0.0186. The molecule has 2 heterocycles. The van der Waals surface area contributed by atoms with E-state index in [1.807, 2.05) is 12.1 Å². The molecule has 10 heteroatoms. The van der Waals surface area contributed by atoms with Crippen molar-refractivity contribution in [3.63, 3.8) is 0 Å². The summed E-state index contributed by atoms with van der Waals surface area (Å²) in [6.07, 6.45) is 36.5. The lowest BCUT2D eigenvalue weighted by atomic mass is 9.95. The fraction of sp³-hybridized carbons (Fsp3) is 0.710. The molecule has 0 saturated heterocycles. The highest BCUT2D eigenvalue weighted by molar-refractivity contribution is 5.60. The molecule has 0 amide bonds. The van der Waals surface area contributed by atoms with Crippen LogP contribution in [-0.4, -0.2) is 32.3 Å². The van der Waals surface area contributed by atoms with Gasteiger partial charge in [0.25, 0.3) is 11.1 Å². The van der Waals surface area contributed by atoms with Gasteiger partial charge in [0, 0.05) is 37.4 Å². The van der Waals surface area contributed by atoms with Crippen molar-refractivity contribution in [3.05, 3.63) is 88.5 Å². The van der Waals surface area contributed by atoms with Gasteiger partial charge < -0.3 is 9.47 Å². The fourth-order valence-electron chi connectivity index (χ4n) is 9.53. The summed E-state index contributed by atoms with van der Waals surface area (Å²) >= 11 is 0. The van der Waals surface area contributed by atoms with Crippen LogP contribution in [0.5, 0.6) is 11.5 Å². The van der Waals surface area contributed by atoms with E-state index in [2.05, 4.69) is 75.2 Å². The minimum atomic E-state index is -0.486. The lowest BCUT2D eigenvalue weighted by Crippen LogP contribution is -2.31. The molecule has 0 saturated carbocycles. The Kier molecular flexibility index (Phi) is 33.2. The van der Waals surface area contributed by atoms with Gasteiger partial charge in [0.05, 0.1) is 24.3 Å². The molecule has 2 aromatic heterocycles. The number of hydrogen-bond acceptors (Lipinski definition) is 6. The van der Waals surface area contributed by atoms with Crippen LogP contribution >= 0.6 is 0 Å². The molecule has 0 fully saturated rings. The molecule has 402 valence electrons. The number of rotatable bonds is 40. The number of H-pyrrole nitrogens is 2. The number of aromatic amines is 2. The largest absolute Gasteiger partial charge is 0.492 e. The third-order valence-electron chi connectivity index (χ3n) is 14.1. The number of aromatic nitrogens is 4. The summed E-state index contributed by atoms with van der Waals surface area (Å²) in [6.45, 7) is 15.2. The number of benzene rings is 1. The SMILES string of the molecule is CCCCCCCCC(CCCCCC)COc1cc(C#Cc2cc(=O)[nH]c(=O)n2CCCCCC)c(OCC(CCCCCC)CCCCCCCC)cc1C#Cc1cc(=O)[nH]c(=O)n1CCCCCC. The molecule has 3 aromatic rings. The summed E-state index contributed by atoms with van der Waals surface area (Å²) in [6, 6.07) is 6.66. The third-order valence-corrected chi connectivity index (χ3v) is 14.1. The van der Waals surface area contributed by atoms with Crippen LogP contribution in [0.2, 0.25) is 0 Å². The molecule has 0 aliphatic heterocycles. The van der Waals surface area contributed by atoms with Gasteiger partial charge in [0.1, 0.15) is 22.9 Å². The van der Waals surface area contributed by atoms with E-state index in [1.165, 1.54) is 115 Å². The van der Waals surface area contributed by atoms with Gasteiger partial charge >= 0.3 is 11.4 Å². The normalized spacial score (nSPS) is 12.0. The predicted octanol–water partition coefficient (Wildman–Crippen LogP) is 14.8. The smallest absolute Gasteiger partial charge is 0.329 e. The van der Waals surface area contributed by atoms with E-state index < -0.39 is 22.5 Å². The molecule has 0 bridgehead atoms. The van der Waals surface area contributed by atoms with Crippen LogP contribution in [0, 0.1) is 35.5 Å². The Balaban J connectivity index is 2.25. The van der Waals surface area contributed by atoms with Crippen LogP contribution in [0.15, 0.2) is 43.4 Å². The zero-order valence-electron chi connectivity index (χ0n) is 46.3. The highest BCUT2D eigenvalue weighted by Crippen LogP contribution is 2.32. The van der Waals surface area contributed by atoms with Gasteiger partial charge in [0.2, 0.25) is 0 Å². The van der Waals surface area contributed by atoms with Gasteiger partial charge in [-0.3, -0.25) is 28.7 Å². The molecule has 0 aliphatic rings. The summed E-state index contributed by atoms with van der Waals surface area (Å²) in [5, 5.41) is 0. The van der Waals surface area contributed by atoms with Crippen LogP contribution in [0.1, 0.15) is 270 Å². The number of hydrogen-bond donors (Lipinski definition) is 2. The zero-order chi connectivity index (χ0) is 52.0. The van der Waals surface area contributed by atoms with E-state index in [1.54, 1.807) is 9.13 Å². The number of nitrogens with one attached hydrogen (secondary N) is 2. The maximum absolute atomic E-state index is 13.2. The van der Waals surface area contributed by atoms with Crippen molar-refractivity contribution in [2.75, 3.05) is 13.2 Å². The van der Waals surface area contributed by atoms with E-state index in [0.717, 1.165) is 103 Å². The molecule has 10 nitrogen and oxygen atoms in total. The second-order valence-corrected chi connectivity index (χ2v) is 20.6. The van der Waals surface area contributed by atoms with E-state index in [9.17, 15) is 19.2 Å². The molecular weight excluding hydrogens is 897 g/mol. The molecule has 0 spiro atoms. The van der Waals surface area contributed by atoms with Gasteiger partial charge in [-0.05, 0) is 62.2 Å². The highest BCUT2D eigenvalue weighted by atomic mass is 16.5. The van der Waals surface area contributed by atoms with E-state index in [-0.39, 0.29) is 0 Å². The minimum Gasteiger partial charge on any atom is -0.492 e. The molecule has 2 unspecified atom stereocenters. The van der Waals surface area contributed by atoms with Crippen LogP contribution in [0.25, 0.3) is 0 Å². The summed E-state index contributed by atoms with van der Waals surface area (Å²) < 4.78 is 17.0. The van der Waals surface area contributed by atoms with Crippen molar-refractivity contribution < 1.29 is 9.47 Å². The zero-order valence-corrected chi connectivity index (χ0v) is 46.3. The molecular formula is C62H98N4O6. The van der Waals surface area contributed by atoms with Crippen LogP contribution < -0.4 is 32.0 Å². The molecule has 0 radical (unpaired) electrons. The average Bonchev–Trinajstić information content (AvgIpc) is 3.36. The van der Waals surface area contributed by atoms with Crippen molar-refractivity contribution in [2.24, 2.45) is 11.8 Å². The highest BCUT2D eigenvalue weighted by Gasteiger charge is 2.18. The van der Waals surface area contributed by atoms with Gasteiger partial charge in [-0.2, -0.15) is 0 Å². The van der Waals surface area contributed by atoms with Crippen molar-refractivity contribution >= 4 is 0 Å². The quantitative estimate of drug-likeness (QED) is 0.0431. The first-order valence-electron chi connectivity index (χ1n) is 29.3. The van der Waals surface area contributed by atoms with Crippen molar-refractivity contribution in [2.45, 2.75) is 260 Å². The Bertz CT molecular complexity index is 2140. The lowest BCUT2D eigenvalue weighted by molar-refractivity contribution is 0.218. The van der Waals surface area contributed by atoms with Gasteiger partial charge in [-0.25, -0.2) is 9.59 Å². The van der Waals surface area contributed by atoms with Crippen molar-refractivity contribution in [3.8, 4) is 35.2 Å². The predicted molar refractivity (Wildman–Crippen MR) is 301 cm³/mol. The van der Waals surface area contributed by atoms with Crippen LogP contribution in [0.4, 0.5) is 0 Å². The Morgan fingerprint density at radius 2 is 0.681 bits per heavy atom. The first-order chi connectivity index (χ1) is 35.2. The Hall–Kier alpha value is -4.70. The van der Waals surface area contributed by atoms with Gasteiger partial charge in [-0.15, -0.1) is 0 Å².